The molecule has 18 heteroatoms. The van der Waals surface area contributed by atoms with Gasteiger partial charge in [-0.15, -0.1) is 35.1 Å². The molecule has 0 bridgehead atoms. The Hall–Kier alpha value is -4.75. The van der Waals surface area contributed by atoms with Crippen molar-refractivity contribution in [3.63, 3.8) is 0 Å². The van der Waals surface area contributed by atoms with E-state index in [1.165, 1.54) is 22.7 Å². The van der Waals surface area contributed by atoms with Crippen molar-refractivity contribution in [3.05, 3.63) is 148 Å². The van der Waals surface area contributed by atoms with Gasteiger partial charge in [0.05, 0.1) is 15.4 Å². The summed E-state index contributed by atoms with van der Waals surface area (Å²) in [6, 6.07) is 27.5. The fourth-order valence-electron chi connectivity index (χ4n) is 7.10. The molecule has 0 aliphatic heterocycles. The largest absolute Gasteiger partial charge is 0.382 e. The van der Waals surface area contributed by atoms with E-state index >= 15 is 0 Å². The highest BCUT2D eigenvalue weighted by Gasteiger charge is 2.24. The normalized spacial score (nSPS) is 11.6. The van der Waals surface area contributed by atoms with E-state index in [9.17, 15) is 19.2 Å². The molecule has 0 spiro atoms. The van der Waals surface area contributed by atoms with Crippen molar-refractivity contribution < 1.29 is 19.2 Å². The lowest BCUT2D eigenvalue weighted by atomic mass is 10.0. The number of ketones is 4. The van der Waals surface area contributed by atoms with Gasteiger partial charge in [-0.25, -0.2) is 19.9 Å². The zero-order valence-corrected chi connectivity index (χ0v) is 45.1. The van der Waals surface area contributed by atoms with Gasteiger partial charge in [0.25, 0.3) is 0 Å². The fourth-order valence-corrected chi connectivity index (χ4v) is 13.5. The van der Waals surface area contributed by atoms with Crippen molar-refractivity contribution in [2.24, 2.45) is 14.1 Å². The minimum atomic E-state index is -0.0895. The first kappa shape index (κ1) is 53.6. The van der Waals surface area contributed by atoms with Gasteiger partial charge in [0.15, 0.2) is 23.2 Å². The summed E-state index contributed by atoms with van der Waals surface area (Å²) in [6.07, 6.45) is 10.1. The molecule has 0 atom stereocenters. The summed E-state index contributed by atoms with van der Waals surface area (Å²) >= 11 is 3.03. The molecule has 0 saturated carbocycles. The van der Waals surface area contributed by atoms with Gasteiger partial charge >= 0.3 is 0 Å². The van der Waals surface area contributed by atoms with E-state index in [2.05, 4.69) is 47.6 Å². The van der Waals surface area contributed by atoms with Crippen LogP contribution in [0.15, 0.2) is 120 Å². The number of fused-ring (bicyclic) bond motifs is 2. The number of rotatable bonds is 20. The molecule has 8 aromatic rings. The van der Waals surface area contributed by atoms with Crippen molar-refractivity contribution in [3.8, 4) is 0 Å². The van der Waals surface area contributed by atoms with E-state index < -0.39 is 0 Å². The van der Waals surface area contributed by atoms with Crippen LogP contribution in [0.2, 0.25) is 0 Å². The Bertz CT molecular complexity index is 2870. The van der Waals surface area contributed by atoms with Gasteiger partial charge < -0.3 is 14.9 Å². The van der Waals surface area contributed by atoms with E-state index in [1.807, 2.05) is 105 Å². The Morgan fingerprint density at radius 3 is 1.45 bits per heavy atom. The van der Waals surface area contributed by atoms with E-state index in [4.69, 9.17) is 5.73 Å². The topological polar surface area (TPSA) is 156 Å². The molecule has 0 saturated heterocycles. The fraction of sp³-hybridized carbons (Fsp3) is 0.294. The van der Waals surface area contributed by atoms with Gasteiger partial charge in [0.1, 0.15) is 15.9 Å². The molecule has 6 heterocycles. The monoisotopic (exact) mass is 1060 g/mol. The van der Waals surface area contributed by atoms with Crippen LogP contribution in [-0.4, -0.2) is 61.7 Å². The van der Waals surface area contributed by atoms with Gasteiger partial charge in [-0.1, -0.05) is 45.9 Å². The van der Waals surface area contributed by atoms with Crippen LogP contribution >= 0.6 is 78.3 Å². The van der Waals surface area contributed by atoms with Crippen LogP contribution in [0.5, 0.6) is 0 Å². The number of benzene rings is 2. The zero-order chi connectivity index (χ0) is 48.6. The number of hydrogen-bond donors (Lipinski definition) is 1. The molecule has 11 nitrogen and oxygen atoms in total. The van der Waals surface area contributed by atoms with E-state index in [0.717, 1.165) is 69.6 Å². The molecule has 0 aliphatic carbocycles. The molecule has 0 fully saturated rings. The molecule has 0 amide bonds. The molecule has 0 aliphatic rings. The number of hydrogen-bond acceptors (Lipinski definition) is 15. The number of Topliss-reactive ketones (excluding diaryl/α,β-unsaturated/α-hetero) is 4. The molecule has 0 radical (unpaired) electrons. The van der Waals surface area contributed by atoms with Crippen molar-refractivity contribution in [2.45, 2.75) is 92.7 Å². The summed E-state index contributed by atoms with van der Waals surface area (Å²) in [4.78, 5) is 69.8. The minimum absolute atomic E-state index is 0. The molecular formula is C51H54ClN7O4S6. The van der Waals surface area contributed by atoms with Crippen LogP contribution < -0.4 is 5.73 Å². The predicted molar refractivity (Wildman–Crippen MR) is 293 cm³/mol. The summed E-state index contributed by atoms with van der Waals surface area (Å²) < 4.78 is 5.41. The highest BCUT2D eigenvalue weighted by Crippen LogP contribution is 2.44. The number of nitrogens with two attached hydrogens (primary N) is 1. The van der Waals surface area contributed by atoms with Crippen LogP contribution in [0.25, 0.3) is 20.2 Å². The number of carbonyl (C=O) groups is 4. The Kier molecular flexibility index (Phi) is 18.6. The number of thiophene rings is 2. The van der Waals surface area contributed by atoms with Crippen LogP contribution in [0.4, 0.5) is 5.82 Å². The van der Waals surface area contributed by atoms with Crippen LogP contribution in [0.1, 0.15) is 111 Å². The number of aromatic nitrogens is 6. The molecule has 0 unspecified atom stereocenters. The predicted octanol–water partition coefficient (Wildman–Crippen LogP) is 13.6. The zero-order valence-electron chi connectivity index (χ0n) is 39.4. The quantitative estimate of drug-likeness (QED) is 0.0569. The Balaban J connectivity index is 0.000000224. The SMILES string of the molecule is Cc1cn(C)c(C(=O)Cc2ccc3sc(C(=O)CCC(C)(C)SSc4ccccn4)cc3c2)n1.Cl.Cn1cc(N)nc1C(=O)Cc1ccc2sc(C(=O)CCC(C)(C)SSc3ccccn3)cc2c1. The lowest BCUT2D eigenvalue weighted by Gasteiger charge is -2.22. The average molecular weight is 1060 g/mol. The van der Waals surface area contributed by atoms with Gasteiger partial charge in [-0.05, 0) is 152 Å². The summed E-state index contributed by atoms with van der Waals surface area (Å²) in [5.41, 5.74) is 8.34. The summed E-state index contributed by atoms with van der Waals surface area (Å²) in [7, 11) is 10.4. The third kappa shape index (κ3) is 15.1. The molecular weight excluding hydrogens is 1000 g/mol. The number of imidazole rings is 2. The molecule has 2 N–H and O–H groups in total. The number of anilines is 1. The standard InChI is InChI=1S/C26H27N3O2S3.C25H26N4O2S3.ClH/c1-17-16-29(4)25(28-17)21(31)14-18-8-9-22-19(13-18)15-23(32-22)20(30)10-11-26(2,3)34-33-24-7-5-6-12-27-24;1-25(2,34-33-23-6-4-5-11-27-23)10-9-18(30)21-14-17-12-16(7-8-20(17)32-21)13-19(31)24-28-22(26)15-29(24)3;/h5-9,12-13,15-16H,10-11,14H2,1-4H3;4-8,11-12,14-15H,9-10,13,26H2,1-3H3;1H. The average Bonchev–Trinajstić information content (AvgIpc) is 4.11. The van der Waals surface area contributed by atoms with Crippen molar-refractivity contribution >= 4 is 127 Å². The molecule has 8 rings (SSSR count). The lowest BCUT2D eigenvalue weighted by Crippen LogP contribution is -2.15. The number of halogens is 1. The Morgan fingerprint density at radius 1 is 0.609 bits per heavy atom. The number of nitrogens with zero attached hydrogens (tertiary/aromatic N) is 6. The third-order valence-corrected chi connectivity index (χ3v) is 19.6. The number of carbonyl (C=O) groups excluding carboxylic acids is 4. The van der Waals surface area contributed by atoms with Gasteiger partial charge in [0, 0.05) is 83.5 Å². The number of pyridine rings is 2. The first-order valence-electron chi connectivity index (χ1n) is 21.9. The first-order chi connectivity index (χ1) is 32.4. The van der Waals surface area contributed by atoms with Crippen LogP contribution in [0, 0.1) is 6.92 Å². The lowest BCUT2D eigenvalue weighted by molar-refractivity contribution is 0.0972. The van der Waals surface area contributed by atoms with Crippen LogP contribution in [0.3, 0.4) is 0 Å². The second kappa shape index (κ2) is 23.9. The van der Waals surface area contributed by atoms with E-state index in [0.29, 0.717) is 36.7 Å². The number of aryl methyl sites for hydroxylation is 3. The maximum Gasteiger partial charge on any atom is 0.202 e. The van der Waals surface area contributed by atoms with E-state index in [1.54, 1.807) is 77.9 Å². The summed E-state index contributed by atoms with van der Waals surface area (Å²) in [5.74, 6) is 1.37. The maximum absolute atomic E-state index is 12.9. The third-order valence-electron chi connectivity index (χ3n) is 10.7. The highest BCUT2D eigenvalue weighted by molar-refractivity contribution is 8.77. The maximum atomic E-state index is 12.9. The molecule has 2 aromatic carbocycles. The smallest absolute Gasteiger partial charge is 0.202 e. The molecule has 360 valence electrons. The highest BCUT2D eigenvalue weighted by atomic mass is 35.5. The van der Waals surface area contributed by atoms with Crippen molar-refractivity contribution in [1.82, 2.24) is 29.1 Å². The van der Waals surface area contributed by atoms with Crippen molar-refractivity contribution in [2.75, 3.05) is 5.73 Å². The van der Waals surface area contributed by atoms with Gasteiger partial charge in [0.2, 0.25) is 11.6 Å². The van der Waals surface area contributed by atoms with Gasteiger partial charge in [-0.3, -0.25) is 19.2 Å². The first-order valence-corrected chi connectivity index (χ1v) is 27.8. The number of nitrogen functional groups attached to an aromatic ring is 1. The second-order valence-corrected chi connectivity index (χ2v) is 25.5. The molecule has 69 heavy (non-hydrogen) atoms. The summed E-state index contributed by atoms with van der Waals surface area (Å²) in [5, 5.41) is 3.94. The molecule has 6 aromatic heterocycles. The Morgan fingerprint density at radius 2 is 1.06 bits per heavy atom. The van der Waals surface area contributed by atoms with E-state index in [-0.39, 0.29) is 51.5 Å². The summed E-state index contributed by atoms with van der Waals surface area (Å²) in [6.45, 7) is 10.5. The second-order valence-electron chi connectivity index (χ2n) is 17.6. The van der Waals surface area contributed by atoms with Crippen LogP contribution in [-0.2, 0) is 26.9 Å². The van der Waals surface area contributed by atoms with Crippen molar-refractivity contribution in [1.29, 1.82) is 0 Å². The Labute approximate surface area is 432 Å². The minimum Gasteiger partial charge on any atom is -0.382 e. The van der Waals surface area contributed by atoms with Gasteiger partial charge in [-0.2, -0.15) is 0 Å².